The molecule has 0 saturated heterocycles. The fourth-order valence-electron chi connectivity index (χ4n) is 1.78. The Bertz CT molecular complexity index is 807. The molecule has 0 heterocycles. The monoisotopic (exact) mass is 388 g/mol. The Labute approximate surface area is 137 Å². The number of aryl methyl sites for hydroxylation is 2. The van der Waals surface area contributed by atoms with Crippen molar-refractivity contribution in [3.63, 3.8) is 0 Å². The molecule has 0 bridgehead atoms. The van der Waals surface area contributed by atoms with E-state index in [1.165, 1.54) is 12.1 Å². The second kappa shape index (κ2) is 5.87. The topological polar surface area (TPSA) is 72.2 Å². The van der Waals surface area contributed by atoms with Gasteiger partial charge < -0.3 is 5.73 Å². The third-order valence-corrected chi connectivity index (χ3v) is 5.47. The molecular formula is C14H14BrClN2O2S. The summed E-state index contributed by atoms with van der Waals surface area (Å²) in [5, 5.41) is 0.137. The van der Waals surface area contributed by atoms with Crippen molar-refractivity contribution in [3.8, 4) is 0 Å². The van der Waals surface area contributed by atoms with E-state index in [9.17, 15) is 8.42 Å². The standard InChI is InChI=1S/C14H14BrClN2O2S/c1-8-3-4-13(10(15)5-8)18-21(19,20)14-7-12(17)9(2)6-11(14)16/h3-7,18H,17H2,1-2H3. The minimum Gasteiger partial charge on any atom is -0.398 e. The van der Waals surface area contributed by atoms with Gasteiger partial charge in [0, 0.05) is 10.2 Å². The highest BCUT2D eigenvalue weighted by atomic mass is 79.9. The summed E-state index contributed by atoms with van der Waals surface area (Å²) in [5.74, 6) is 0. The molecule has 0 aliphatic heterocycles. The number of halogens is 2. The first kappa shape index (κ1) is 16.1. The maximum Gasteiger partial charge on any atom is 0.263 e. The summed E-state index contributed by atoms with van der Waals surface area (Å²) in [4.78, 5) is -0.0419. The van der Waals surface area contributed by atoms with Gasteiger partial charge in [-0.3, -0.25) is 4.72 Å². The van der Waals surface area contributed by atoms with Gasteiger partial charge in [0.1, 0.15) is 4.90 Å². The van der Waals surface area contributed by atoms with E-state index in [0.717, 1.165) is 11.1 Å². The summed E-state index contributed by atoms with van der Waals surface area (Å²) < 4.78 is 28.1. The van der Waals surface area contributed by atoms with Gasteiger partial charge >= 0.3 is 0 Å². The van der Waals surface area contributed by atoms with Crippen LogP contribution in [0, 0.1) is 13.8 Å². The predicted molar refractivity (Wildman–Crippen MR) is 90.3 cm³/mol. The van der Waals surface area contributed by atoms with E-state index in [4.69, 9.17) is 17.3 Å². The normalized spacial score (nSPS) is 11.4. The summed E-state index contributed by atoms with van der Waals surface area (Å²) in [6.07, 6.45) is 0. The zero-order chi connectivity index (χ0) is 15.8. The van der Waals surface area contributed by atoms with Crippen molar-refractivity contribution in [2.75, 3.05) is 10.5 Å². The van der Waals surface area contributed by atoms with Crippen molar-refractivity contribution in [2.24, 2.45) is 0 Å². The van der Waals surface area contributed by atoms with Gasteiger partial charge in [-0.05, 0) is 65.2 Å². The molecule has 4 nitrogen and oxygen atoms in total. The van der Waals surface area contributed by atoms with Gasteiger partial charge in [-0.25, -0.2) is 8.42 Å². The smallest absolute Gasteiger partial charge is 0.263 e. The van der Waals surface area contributed by atoms with Crippen LogP contribution in [-0.2, 0) is 10.0 Å². The largest absolute Gasteiger partial charge is 0.398 e. The minimum absolute atomic E-state index is 0.0419. The van der Waals surface area contributed by atoms with Gasteiger partial charge in [0.25, 0.3) is 10.0 Å². The van der Waals surface area contributed by atoms with Crippen LogP contribution in [0.3, 0.4) is 0 Å². The average molecular weight is 390 g/mol. The molecule has 112 valence electrons. The molecule has 21 heavy (non-hydrogen) atoms. The second-order valence-electron chi connectivity index (χ2n) is 4.73. The molecule has 2 aromatic carbocycles. The summed E-state index contributed by atoms with van der Waals surface area (Å²) in [7, 11) is -3.81. The molecule has 2 aromatic rings. The molecule has 0 atom stereocenters. The molecule has 0 fully saturated rings. The first-order chi connectivity index (χ1) is 9.70. The van der Waals surface area contributed by atoms with Crippen LogP contribution in [0.5, 0.6) is 0 Å². The highest BCUT2D eigenvalue weighted by Crippen LogP contribution is 2.30. The lowest BCUT2D eigenvalue weighted by molar-refractivity contribution is 0.601. The molecule has 0 unspecified atom stereocenters. The Morgan fingerprint density at radius 2 is 1.86 bits per heavy atom. The fourth-order valence-corrected chi connectivity index (χ4v) is 4.20. The van der Waals surface area contributed by atoms with E-state index in [2.05, 4.69) is 20.7 Å². The van der Waals surface area contributed by atoms with Crippen LogP contribution in [0.1, 0.15) is 11.1 Å². The number of rotatable bonds is 3. The second-order valence-corrected chi connectivity index (χ2v) is 7.64. The molecule has 0 aliphatic rings. The number of hydrogen-bond donors (Lipinski definition) is 2. The number of sulfonamides is 1. The summed E-state index contributed by atoms with van der Waals surface area (Å²) in [5.41, 5.74) is 8.34. The number of nitrogen functional groups attached to an aromatic ring is 1. The van der Waals surface area contributed by atoms with Crippen molar-refractivity contribution >= 4 is 48.9 Å². The van der Waals surface area contributed by atoms with Crippen LogP contribution in [0.4, 0.5) is 11.4 Å². The lowest BCUT2D eigenvalue weighted by Gasteiger charge is -2.13. The van der Waals surface area contributed by atoms with E-state index in [1.54, 1.807) is 13.0 Å². The SMILES string of the molecule is Cc1ccc(NS(=O)(=O)c2cc(N)c(C)cc2Cl)c(Br)c1. The Balaban J connectivity index is 2.46. The van der Waals surface area contributed by atoms with Crippen LogP contribution in [-0.4, -0.2) is 8.42 Å². The number of nitrogens with one attached hydrogen (secondary N) is 1. The van der Waals surface area contributed by atoms with Crippen molar-refractivity contribution in [3.05, 3.63) is 51.0 Å². The van der Waals surface area contributed by atoms with Crippen molar-refractivity contribution in [1.82, 2.24) is 0 Å². The van der Waals surface area contributed by atoms with Crippen molar-refractivity contribution in [2.45, 2.75) is 18.7 Å². The first-order valence-electron chi connectivity index (χ1n) is 6.05. The molecule has 0 aromatic heterocycles. The molecule has 0 aliphatic carbocycles. The Morgan fingerprint density at radius 3 is 2.48 bits per heavy atom. The zero-order valence-electron chi connectivity index (χ0n) is 11.4. The Hall–Kier alpha value is -1.24. The fraction of sp³-hybridized carbons (Fsp3) is 0.143. The van der Waals surface area contributed by atoms with Crippen molar-refractivity contribution < 1.29 is 8.42 Å². The lowest BCUT2D eigenvalue weighted by atomic mass is 10.2. The zero-order valence-corrected chi connectivity index (χ0v) is 14.6. The number of anilines is 2. The minimum atomic E-state index is -3.81. The van der Waals surface area contributed by atoms with Crippen LogP contribution in [0.2, 0.25) is 5.02 Å². The van der Waals surface area contributed by atoms with E-state index in [0.29, 0.717) is 15.8 Å². The molecular weight excluding hydrogens is 376 g/mol. The maximum absolute atomic E-state index is 12.5. The molecule has 0 amide bonds. The van der Waals surface area contributed by atoms with Crippen LogP contribution >= 0.6 is 27.5 Å². The number of nitrogens with two attached hydrogens (primary N) is 1. The van der Waals surface area contributed by atoms with Gasteiger partial charge in [-0.15, -0.1) is 0 Å². The van der Waals surface area contributed by atoms with Gasteiger partial charge in [0.05, 0.1) is 10.7 Å². The quantitative estimate of drug-likeness (QED) is 0.776. The highest BCUT2D eigenvalue weighted by Gasteiger charge is 2.20. The first-order valence-corrected chi connectivity index (χ1v) is 8.71. The summed E-state index contributed by atoms with van der Waals surface area (Å²) in [6.45, 7) is 3.68. The third-order valence-electron chi connectivity index (χ3n) is 2.98. The Morgan fingerprint density at radius 1 is 1.19 bits per heavy atom. The third kappa shape index (κ3) is 3.51. The van der Waals surface area contributed by atoms with Gasteiger partial charge in [-0.1, -0.05) is 17.7 Å². The lowest BCUT2D eigenvalue weighted by Crippen LogP contribution is -2.14. The van der Waals surface area contributed by atoms with Crippen LogP contribution < -0.4 is 10.5 Å². The molecule has 0 radical (unpaired) electrons. The molecule has 2 rings (SSSR count). The average Bonchev–Trinajstić information content (AvgIpc) is 2.37. The van der Waals surface area contributed by atoms with Crippen LogP contribution in [0.15, 0.2) is 39.7 Å². The molecule has 0 spiro atoms. The molecule has 3 N–H and O–H groups in total. The predicted octanol–water partition coefficient (Wildman–Crippen LogP) is 4.10. The van der Waals surface area contributed by atoms with Gasteiger partial charge in [0.2, 0.25) is 0 Å². The van der Waals surface area contributed by atoms with E-state index >= 15 is 0 Å². The maximum atomic E-state index is 12.5. The summed E-state index contributed by atoms with van der Waals surface area (Å²) in [6, 6.07) is 8.22. The van der Waals surface area contributed by atoms with Crippen molar-refractivity contribution in [1.29, 1.82) is 0 Å². The summed E-state index contributed by atoms with van der Waals surface area (Å²) >= 11 is 9.36. The van der Waals surface area contributed by atoms with Gasteiger partial charge in [-0.2, -0.15) is 0 Å². The van der Waals surface area contributed by atoms with E-state index in [-0.39, 0.29) is 9.92 Å². The Kier molecular flexibility index (Phi) is 4.51. The highest BCUT2D eigenvalue weighted by molar-refractivity contribution is 9.10. The van der Waals surface area contributed by atoms with Gasteiger partial charge in [0.15, 0.2) is 0 Å². The molecule has 0 saturated carbocycles. The van der Waals surface area contributed by atoms with E-state index in [1.807, 2.05) is 19.1 Å². The number of hydrogen-bond acceptors (Lipinski definition) is 3. The molecule has 7 heteroatoms. The van der Waals surface area contributed by atoms with Crippen LogP contribution in [0.25, 0.3) is 0 Å². The number of benzene rings is 2. The van der Waals surface area contributed by atoms with E-state index < -0.39 is 10.0 Å².